The number of hydrogen-bond acceptors (Lipinski definition) is 3. The van der Waals surface area contributed by atoms with Crippen molar-refractivity contribution in [2.24, 2.45) is 0 Å². The van der Waals surface area contributed by atoms with E-state index in [0.717, 1.165) is 0 Å². The Morgan fingerprint density at radius 1 is 1.70 bits per heavy atom. The van der Waals surface area contributed by atoms with Crippen molar-refractivity contribution in [1.29, 1.82) is 0 Å². The summed E-state index contributed by atoms with van der Waals surface area (Å²) in [6, 6.07) is 0. The monoisotopic (exact) mass is 221 g/mol. The molecule has 0 aliphatic carbocycles. The molecule has 0 aliphatic rings. The van der Waals surface area contributed by atoms with Crippen molar-refractivity contribution in [3.8, 4) is 0 Å². The molecule has 0 unspecified atom stereocenters. The standard InChI is InChI=1S/C5H5BrClN3/c1-8-3-2-9-4(6)5(7)10-3/h2H,1H3,(H,8,10). The molecule has 10 heavy (non-hydrogen) atoms. The Morgan fingerprint density at radius 3 is 2.90 bits per heavy atom. The second kappa shape index (κ2) is 3.16. The Balaban J connectivity index is 3.04. The quantitative estimate of drug-likeness (QED) is 0.789. The minimum Gasteiger partial charge on any atom is -0.372 e. The zero-order valence-corrected chi connectivity index (χ0v) is 7.57. The van der Waals surface area contributed by atoms with E-state index in [2.05, 4.69) is 31.2 Å². The van der Waals surface area contributed by atoms with E-state index in [1.807, 2.05) is 0 Å². The first-order valence-corrected chi connectivity index (χ1v) is 3.77. The summed E-state index contributed by atoms with van der Waals surface area (Å²) >= 11 is 8.76. The van der Waals surface area contributed by atoms with Gasteiger partial charge in [-0.25, -0.2) is 9.97 Å². The highest BCUT2D eigenvalue weighted by molar-refractivity contribution is 9.10. The average molecular weight is 222 g/mol. The highest BCUT2D eigenvalue weighted by Gasteiger charge is 1.98. The number of halogens is 2. The normalized spacial score (nSPS) is 9.50. The lowest BCUT2D eigenvalue weighted by Crippen LogP contribution is -1.93. The molecule has 1 rings (SSSR count). The highest BCUT2D eigenvalue weighted by Crippen LogP contribution is 2.17. The van der Waals surface area contributed by atoms with Crippen molar-refractivity contribution in [2.75, 3.05) is 12.4 Å². The van der Waals surface area contributed by atoms with Crippen LogP contribution >= 0.6 is 27.5 Å². The van der Waals surface area contributed by atoms with E-state index in [1.54, 1.807) is 13.2 Å². The zero-order valence-electron chi connectivity index (χ0n) is 5.23. The van der Waals surface area contributed by atoms with E-state index in [1.165, 1.54) is 0 Å². The lowest BCUT2D eigenvalue weighted by Gasteiger charge is -1.98. The maximum absolute atomic E-state index is 5.63. The summed E-state index contributed by atoms with van der Waals surface area (Å²) in [7, 11) is 1.76. The molecule has 0 aliphatic heterocycles. The number of nitrogens with zero attached hydrogens (tertiary/aromatic N) is 2. The Hall–Kier alpha value is -0.350. The fraction of sp³-hybridized carbons (Fsp3) is 0.200. The number of anilines is 1. The number of nitrogens with one attached hydrogen (secondary N) is 1. The lowest BCUT2D eigenvalue weighted by atomic mass is 10.7. The molecule has 0 radical (unpaired) electrons. The van der Waals surface area contributed by atoms with Crippen LogP contribution in [0.5, 0.6) is 0 Å². The van der Waals surface area contributed by atoms with E-state index < -0.39 is 0 Å². The largest absolute Gasteiger partial charge is 0.372 e. The molecule has 3 nitrogen and oxygen atoms in total. The van der Waals surface area contributed by atoms with Gasteiger partial charge in [0.25, 0.3) is 0 Å². The minimum absolute atomic E-state index is 0.367. The SMILES string of the molecule is CNc1cnc(Br)c(Cl)n1. The zero-order chi connectivity index (χ0) is 7.56. The molecule has 0 bridgehead atoms. The highest BCUT2D eigenvalue weighted by atomic mass is 79.9. The molecule has 1 aromatic rings. The number of hydrogen-bond donors (Lipinski definition) is 1. The van der Waals surface area contributed by atoms with Crippen LogP contribution in [0.1, 0.15) is 0 Å². The summed E-state index contributed by atoms with van der Waals surface area (Å²) in [5.41, 5.74) is 0. The molecule has 0 amide bonds. The van der Waals surface area contributed by atoms with Gasteiger partial charge in [0, 0.05) is 7.05 Å². The van der Waals surface area contributed by atoms with Crippen LogP contribution in [0, 0.1) is 0 Å². The van der Waals surface area contributed by atoms with Crippen molar-refractivity contribution < 1.29 is 0 Å². The first-order valence-electron chi connectivity index (χ1n) is 2.60. The second-order valence-electron chi connectivity index (χ2n) is 1.59. The van der Waals surface area contributed by atoms with Crippen LogP contribution in [0.25, 0.3) is 0 Å². The Bertz CT molecular complexity index is 240. The van der Waals surface area contributed by atoms with Gasteiger partial charge in [-0.1, -0.05) is 11.6 Å². The lowest BCUT2D eigenvalue weighted by molar-refractivity contribution is 1.15. The van der Waals surface area contributed by atoms with Crippen molar-refractivity contribution in [2.45, 2.75) is 0 Å². The van der Waals surface area contributed by atoms with E-state index in [4.69, 9.17) is 11.6 Å². The topological polar surface area (TPSA) is 37.8 Å². The molecule has 0 fully saturated rings. The van der Waals surface area contributed by atoms with Crippen molar-refractivity contribution in [3.05, 3.63) is 16.0 Å². The van der Waals surface area contributed by atoms with Crippen molar-refractivity contribution >= 4 is 33.3 Å². The van der Waals surface area contributed by atoms with Crippen LogP contribution < -0.4 is 5.32 Å². The summed E-state index contributed by atoms with van der Waals surface area (Å²) in [5.74, 6) is 0.660. The summed E-state index contributed by atoms with van der Waals surface area (Å²) < 4.78 is 0.563. The molecular formula is C5H5BrClN3. The van der Waals surface area contributed by atoms with Crippen LogP contribution in [-0.2, 0) is 0 Å². The average Bonchev–Trinajstić information content (AvgIpc) is 1.95. The molecule has 1 heterocycles. The van der Waals surface area contributed by atoms with Gasteiger partial charge in [-0.15, -0.1) is 0 Å². The van der Waals surface area contributed by atoms with Gasteiger partial charge in [-0.3, -0.25) is 0 Å². The Kier molecular flexibility index (Phi) is 2.45. The van der Waals surface area contributed by atoms with E-state index in [0.29, 0.717) is 15.6 Å². The third kappa shape index (κ3) is 1.58. The molecule has 0 spiro atoms. The van der Waals surface area contributed by atoms with Crippen LogP contribution in [-0.4, -0.2) is 17.0 Å². The second-order valence-corrected chi connectivity index (χ2v) is 2.70. The predicted molar refractivity (Wildman–Crippen MR) is 44.3 cm³/mol. The molecule has 1 aromatic heterocycles. The fourth-order valence-electron chi connectivity index (χ4n) is 0.472. The molecule has 0 atom stereocenters. The van der Waals surface area contributed by atoms with E-state index in [-0.39, 0.29) is 0 Å². The maximum atomic E-state index is 5.63. The van der Waals surface area contributed by atoms with E-state index in [9.17, 15) is 0 Å². The van der Waals surface area contributed by atoms with Crippen molar-refractivity contribution in [3.63, 3.8) is 0 Å². The Labute approximate surface area is 72.0 Å². The van der Waals surface area contributed by atoms with Gasteiger partial charge < -0.3 is 5.32 Å². The first kappa shape index (κ1) is 7.75. The molecule has 54 valence electrons. The molecular weight excluding hydrogens is 217 g/mol. The minimum atomic E-state index is 0.367. The Morgan fingerprint density at radius 2 is 2.40 bits per heavy atom. The van der Waals surface area contributed by atoms with Crippen LogP contribution in [0.2, 0.25) is 5.15 Å². The summed E-state index contributed by atoms with van der Waals surface area (Å²) in [4.78, 5) is 7.85. The molecule has 1 N–H and O–H groups in total. The summed E-state index contributed by atoms with van der Waals surface area (Å²) in [6.45, 7) is 0. The third-order valence-electron chi connectivity index (χ3n) is 0.945. The maximum Gasteiger partial charge on any atom is 0.164 e. The van der Waals surface area contributed by atoms with Crippen LogP contribution in [0.4, 0.5) is 5.82 Å². The molecule has 0 saturated heterocycles. The molecule has 5 heteroatoms. The van der Waals surface area contributed by atoms with Gasteiger partial charge in [0.2, 0.25) is 0 Å². The van der Waals surface area contributed by atoms with Crippen LogP contribution in [0.3, 0.4) is 0 Å². The van der Waals surface area contributed by atoms with Gasteiger partial charge in [0.15, 0.2) is 5.15 Å². The molecule has 0 aromatic carbocycles. The van der Waals surface area contributed by atoms with Crippen molar-refractivity contribution in [1.82, 2.24) is 9.97 Å². The van der Waals surface area contributed by atoms with Gasteiger partial charge in [-0.05, 0) is 15.9 Å². The predicted octanol–water partition coefficient (Wildman–Crippen LogP) is 1.93. The summed E-state index contributed by atoms with van der Waals surface area (Å²) in [6.07, 6.45) is 1.59. The fourth-order valence-corrected chi connectivity index (χ4v) is 0.803. The number of rotatable bonds is 1. The van der Waals surface area contributed by atoms with Gasteiger partial charge in [-0.2, -0.15) is 0 Å². The summed E-state index contributed by atoms with van der Waals surface area (Å²) in [5, 5.41) is 3.18. The third-order valence-corrected chi connectivity index (χ3v) is 2.02. The van der Waals surface area contributed by atoms with Gasteiger partial charge >= 0.3 is 0 Å². The van der Waals surface area contributed by atoms with Gasteiger partial charge in [0.05, 0.1) is 6.20 Å². The van der Waals surface area contributed by atoms with Gasteiger partial charge in [0.1, 0.15) is 10.4 Å². The molecule has 0 saturated carbocycles. The van der Waals surface area contributed by atoms with E-state index >= 15 is 0 Å². The van der Waals surface area contributed by atoms with Crippen LogP contribution in [0.15, 0.2) is 10.8 Å². The first-order chi connectivity index (χ1) is 4.74. The number of aromatic nitrogens is 2. The smallest absolute Gasteiger partial charge is 0.164 e.